The number of rotatable bonds is 20. The Balaban J connectivity index is 0.0000110. The highest BCUT2D eigenvalue weighted by Crippen LogP contribution is 2.41. The zero-order chi connectivity index (χ0) is 64.0. The van der Waals surface area contributed by atoms with Gasteiger partial charge in [0.2, 0.25) is 0 Å². The summed E-state index contributed by atoms with van der Waals surface area (Å²) in [5.74, 6) is -8.17. The fourth-order valence-electron chi connectivity index (χ4n) is 11.3. The van der Waals surface area contributed by atoms with Crippen LogP contribution in [-0.4, -0.2) is 363 Å². The zero-order valence-corrected chi connectivity index (χ0v) is 46.7. The minimum atomic E-state index is -2.45. The van der Waals surface area contributed by atoms with Crippen molar-refractivity contribution >= 4 is 17.9 Å². The van der Waals surface area contributed by atoms with Crippen LogP contribution < -0.4 is 0 Å². The summed E-state index contributed by atoms with van der Waals surface area (Å²) in [6.07, 6.45) is -67.0. The standard InChI is InChI=1S/C49H78O38.H2/c1-5-13-33(23(58)27(62)41(69)74-13)81-42-11(2)32(36(16(8-52)76-42)83-44-29(64)24(59)34(15(7-51)77-44)82-43-28(63)21(56)19(54)14(6-50)75-43)80-47-38(22(57)20(55)17(78-47)9-72-12(3)53)85-46-31(66)26(61)37(39(86-46)40(67)68)84-45-30(65)25(60)35-18(79-45)10-73-49(4,87-35)48(70)71;/h11,13-39,41-47,50-52,54-66,69H,5-10H2,1-4H3,(H,67,68)(H,70,71);1H/t11?,13-,14?,15-,16?,17?,18?,19+,20+,21-,22-,23?,24?,25+,26+,27?,28?,29?,30?,31?,32+,33+,34+,35+,36+,37-,38?,39?,41+,42-,43-,44-,45-,46+,47+,49?;/m0./s1. The van der Waals surface area contributed by atoms with E-state index in [2.05, 4.69) is 0 Å². The normalized spacial score (nSPS) is 51.5. The summed E-state index contributed by atoms with van der Waals surface area (Å²) in [4.78, 5) is 36.8. The number of carboxylic acids is 2. The van der Waals surface area contributed by atoms with Crippen LogP contribution in [0.25, 0.3) is 0 Å². The van der Waals surface area contributed by atoms with E-state index in [-0.39, 0.29) is 7.85 Å². The lowest BCUT2D eigenvalue weighted by molar-refractivity contribution is -0.411. The Bertz CT molecular complexity index is 2260. The molecule has 8 saturated heterocycles. The number of fused-ring (bicyclic) bond motifs is 1. The van der Waals surface area contributed by atoms with Gasteiger partial charge in [0.15, 0.2) is 50.1 Å². The van der Waals surface area contributed by atoms with Crippen LogP contribution in [0.4, 0.5) is 0 Å². The van der Waals surface area contributed by atoms with Gasteiger partial charge >= 0.3 is 17.9 Å². The van der Waals surface area contributed by atoms with Gasteiger partial charge in [0.25, 0.3) is 5.79 Å². The molecule has 0 radical (unpaired) electrons. The van der Waals surface area contributed by atoms with E-state index in [1.54, 1.807) is 6.92 Å². The number of aliphatic hydroxyl groups excluding tert-OH is 17. The van der Waals surface area contributed by atoms with E-state index >= 15 is 0 Å². The molecule has 0 aliphatic carbocycles. The molecule has 0 aromatic rings. The van der Waals surface area contributed by atoms with E-state index in [4.69, 9.17) is 75.8 Å². The van der Waals surface area contributed by atoms with Gasteiger partial charge in [-0.3, -0.25) is 4.79 Å². The molecule has 8 rings (SSSR count). The maximum atomic E-state index is 12.9. The maximum Gasteiger partial charge on any atom is 0.364 e. The fourth-order valence-corrected chi connectivity index (χ4v) is 11.3. The number of carbonyl (C=O) groups excluding carboxylic acids is 1. The van der Waals surface area contributed by atoms with Gasteiger partial charge in [-0.25, -0.2) is 9.59 Å². The first-order chi connectivity index (χ1) is 41.0. The molecule has 8 fully saturated rings. The second-order valence-electron chi connectivity index (χ2n) is 22.3. The van der Waals surface area contributed by atoms with Crippen molar-refractivity contribution in [2.45, 2.75) is 249 Å². The van der Waals surface area contributed by atoms with Gasteiger partial charge in [-0.15, -0.1) is 0 Å². The Labute approximate surface area is 493 Å². The number of aliphatic carboxylic acids is 2. The lowest BCUT2D eigenvalue weighted by atomic mass is 9.90. The second-order valence-corrected chi connectivity index (χ2v) is 22.3. The maximum absolute atomic E-state index is 12.9. The summed E-state index contributed by atoms with van der Waals surface area (Å²) in [6, 6.07) is 0. The van der Waals surface area contributed by atoms with Gasteiger partial charge in [-0.05, 0) is 6.42 Å². The molecule has 8 aliphatic rings. The van der Waals surface area contributed by atoms with Crippen molar-refractivity contribution in [1.29, 1.82) is 0 Å². The molecule has 0 aromatic heterocycles. The molecule has 504 valence electrons. The number of aliphatic hydroxyl groups is 17. The van der Waals surface area contributed by atoms with Gasteiger partial charge < -0.3 is 173 Å². The molecule has 38 nitrogen and oxygen atoms in total. The summed E-state index contributed by atoms with van der Waals surface area (Å²) < 4.78 is 92.2. The monoisotopic (exact) mass is 1280 g/mol. The molecule has 0 saturated carbocycles. The van der Waals surface area contributed by atoms with E-state index in [0.717, 1.165) is 13.8 Å². The molecule has 0 aromatic carbocycles. The average Bonchev–Trinajstić information content (AvgIpc) is 0.870. The first-order valence-electron chi connectivity index (χ1n) is 27.8. The van der Waals surface area contributed by atoms with Crippen molar-refractivity contribution < 1.29 is 189 Å². The van der Waals surface area contributed by atoms with Crippen molar-refractivity contribution in [3.8, 4) is 0 Å². The molecule has 8 heterocycles. The zero-order valence-electron chi connectivity index (χ0n) is 46.7. The highest BCUT2D eigenvalue weighted by atomic mass is 16.8. The molecule has 0 bridgehead atoms. The molecule has 15 unspecified atom stereocenters. The lowest BCUT2D eigenvalue weighted by Crippen LogP contribution is -2.69. The topological polar surface area (TPSA) is 583 Å². The predicted molar refractivity (Wildman–Crippen MR) is 264 cm³/mol. The van der Waals surface area contributed by atoms with Crippen LogP contribution in [0.2, 0.25) is 0 Å². The highest BCUT2D eigenvalue weighted by Gasteiger charge is 2.61. The smallest absolute Gasteiger partial charge is 0.364 e. The highest BCUT2D eigenvalue weighted by molar-refractivity contribution is 5.75. The number of carbonyl (C=O) groups is 3. The van der Waals surface area contributed by atoms with E-state index in [9.17, 15) is 111 Å². The summed E-state index contributed by atoms with van der Waals surface area (Å²) >= 11 is 0. The molecular weight excluding hydrogens is 1200 g/mol. The Hall–Kier alpha value is -2.87. The SMILES string of the molecule is CC[C@@H]1O[C@@H](O)C(O)C(O)[C@@H]1O[C@@H]1OC(CO)[C@@H](O[C@@H]2O[C@@H](CO)[C@@H](O[C@@H]3OC(CO)[C@@H](O)[C@H](O)C3O)C(O)C2O)[C@H](O[C@H]2OC(COC(C)=O)[C@@H](O)[C@H](O)C2O[C@@H]2OC(C(=O)O)[C@@H](O[C@@H]3OC4COC(C)(C(=O)O)O[C@H]4[C@H](O)C3O)[C@H](O)C2O)C1C.[HH]. The number of esters is 1. The van der Waals surface area contributed by atoms with Crippen LogP contribution in [0.1, 0.15) is 35.5 Å². The Morgan fingerprint density at radius 2 is 0.920 bits per heavy atom. The first-order valence-corrected chi connectivity index (χ1v) is 27.8. The summed E-state index contributed by atoms with van der Waals surface area (Å²) in [5.41, 5.74) is 0. The lowest BCUT2D eigenvalue weighted by Gasteiger charge is -2.52. The number of hydrogen-bond donors (Lipinski definition) is 19. The third kappa shape index (κ3) is 14.4. The number of carboxylic acid groups (broad SMARTS) is 2. The van der Waals surface area contributed by atoms with Gasteiger partial charge in [0, 0.05) is 21.2 Å². The summed E-state index contributed by atoms with van der Waals surface area (Å²) in [6.45, 7) is 0.428. The molecule has 0 spiro atoms. The Morgan fingerprint density at radius 1 is 0.471 bits per heavy atom. The minimum Gasteiger partial charge on any atom is -0.479 e. The van der Waals surface area contributed by atoms with Crippen LogP contribution in [0.5, 0.6) is 0 Å². The quantitative estimate of drug-likeness (QED) is 0.0503. The number of hydrogen-bond acceptors (Lipinski definition) is 36. The van der Waals surface area contributed by atoms with Crippen molar-refractivity contribution in [3.05, 3.63) is 0 Å². The Morgan fingerprint density at radius 3 is 1.52 bits per heavy atom. The van der Waals surface area contributed by atoms with Gasteiger partial charge in [0.1, 0.15) is 153 Å². The van der Waals surface area contributed by atoms with Crippen LogP contribution in [-0.2, 0) is 90.2 Å². The Kier molecular flexibility index (Phi) is 23.3. The number of ether oxygens (including phenoxy) is 16. The summed E-state index contributed by atoms with van der Waals surface area (Å²) in [7, 11) is 0. The molecule has 38 heteroatoms. The van der Waals surface area contributed by atoms with E-state index in [1.165, 1.54) is 6.92 Å². The van der Waals surface area contributed by atoms with Gasteiger partial charge in [0.05, 0.1) is 38.6 Å². The van der Waals surface area contributed by atoms with Crippen LogP contribution in [0.3, 0.4) is 0 Å². The molecule has 36 atom stereocenters. The molecule has 87 heavy (non-hydrogen) atoms. The van der Waals surface area contributed by atoms with Crippen molar-refractivity contribution in [2.24, 2.45) is 5.92 Å². The largest absolute Gasteiger partial charge is 0.479 e. The first kappa shape index (κ1) is 70.0. The molecule has 0 amide bonds. The summed E-state index contributed by atoms with van der Waals surface area (Å²) in [5, 5.41) is 207. The molecule has 19 N–H and O–H groups in total. The van der Waals surface area contributed by atoms with Gasteiger partial charge in [-0.1, -0.05) is 13.8 Å². The van der Waals surface area contributed by atoms with Crippen molar-refractivity contribution in [3.63, 3.8) is 0 Å². The molecular formula is C49H80O38. The van der Waals surface area contributed by atoms with E-state index < -0.39 is 271 Å². The third-order valence-electron chi connectivity index (χ3n) is 16.4. The van der Waals surface area contributed by atoms with Gasteiger partial charge in [-0.2, -0.15) is 0 Å². The van der Waals surface area contributed by atoms with Crippen LogP contribution in [0, 0.1) is 5.92 Å². The van der Waals surface area contributed by atoms with Crippen LogP contribution >= 0.6 is 0 Å². The fraction of sp³-hybridized carbons (Fsp3) is 0.939. The third-order valence-corrected chi connectivity index (χ3v) is 16.4. The van der Waals surface area contributed by atoms with Crippen molar-refractivity contribution in [2.75, 3.05) is 33.0 Å². The minimum absolute atomic E-state index is 0. The van der Waals surface area contributed by atoms with E-state index in [1.807, 2.05) is 0 Å². The van der Waals surface area contributed by atoms with E-state index in [0.29, 0.717) is 0 Å². The molecule has 8 aliphatic heterocycles. The predicted octanol–water partition coefficient (Wildman–Crippen LogP) is -11.8. The second kappa shape index (κ2) is 29.0. The van der Waals surface area contributed by atoms with Crippen LogP contribution in [0.15, 0.2) is 0 Å². The average molecular weight is 1280 g/mol. The van der Waals surface area contributed by atoms with Crippen molar-refractivity contribution in [1.82, 2.24) is 0 Å².